The lowest BCUT2D eigenvalue weighted by molar-refractivity contribution is -0.136. The molecule has 1 saturated heterocycles. The number of aromatic nitrogens is 1. The molecule has 0 radical (unpaired) electrons. The highest BCUT2D eigenvalue weighted by atomic mass is 16.2. The number of fused-ring (bicyclic) bond motifs is 4. The second-order valence-corrected chi connectivity index (χ2v) is 6.33. The average Bonchev–Trinajstić information content (AvgIpc) is 2.54. The predicted molar refractivity (Wildman–Crippen MR) is 84.6 cm³/mol. The molecule has 0 saturated carbocycles. The van der Waals surface area contributed by atoms with Crippen molar-refractivity contribution in [3.63, 3.8) is 0 Å². The van der Waals surface area contributed by atoms with Crippen molar-refractivity contribution in [2.45, 2.75) is 18.9 Å². The van der Waals surface area contributed by atoms with E-state index in [2.05, 4.69) is 0 Å². The maximum atomic E-state index is 12.9. The summed E-state index contributed by atoms with van der Waals surface area (Å²) in [7, 11) is 1.85. The van der Waals surface area contributed by atoms with Gasteiger partial charge in [0.1, 0.15) is 0 Å². The zero-order valence-electron chi connectivity index (χ0n) is 12.5. The number of piperidine rings is 1. The van der Waals surface area contributed by atoms with Gasteiger partial charge in [-0.1, -0.05) is 30.3 Å². The molecule has 4 heteroatoms. The molecule has 4 rings (SSSR count). The highest BCUT2D eigenvalue weighted by Crippen LogP contribution is 2.36. The third-order valence-electron chi connectivity index (χ3n) is 4.87. The van der Waals surface area contributed by atoms with Crippen LogP contribution < -0.4 is 5.56 Å². The number of carbonyl (C=O) groups is 1. The first-order valence-electron chi connectivity index (χ1n) is 7.69. The second-order valence-electron chi connectivity index (χ2n) is 6.33. The summed E-state index contributed by atoms with van der Waals surface area (Å²) in [4.78, 5) is 27.1. The third kappa shape index (κ3) is 1.90. The van der Waals surface area contributed by atoms with Gasteiger partial charge in [0.25, 0.3) is 5.56 Å². The van der Waals surface area contributed by atoms with Crippen LogP contribution in [-0.4, -0.2) is 29.0 Å². The van der Waals surface area contributed by atoms with Crippen molar-refractivity contribution in [3.05, 3.63) is 58.5 Å². The molecule has 2 bridgehead atoms. The van der Waals surface area contributed by atoms with Gasteiger partial charge in [-0.15, -0.1) is 0 Å². The van der Waals surface area contributed by atoms with Crippen molar-refractivity contribution in [2.24, 2.45) is 5.92 Å². The Labute approximate surface area is 129 Å². The van der Waals surface area contributed by atoms with Crippen LogP contribution in [0.3, 0.4) is 0 Å². The van der Waals surface area contributed by atoms with Gasteiger partial charge in [-0.05, 0) is 30.0 Å². The highest BCUT2D eigenvalue weighted by molar-refractivity contribution is 5.84. The van der Waals surface area contributed by atoms with E-state index in [4.69, 9.17) is 0 Å². The van der Waals surface area contributed by atoms with Crippen molar-refractivity contribution in [2.75, 3.05) is 13.6 Å². The molecule has 0 N–H and O–H groups in total. The van der Waals surface area contributed by atoms with Crippen LogP contribution in [0.1, 0.15) is 18.0 Å². The summed E-state index contributed by atoms with van der Waals surface area (Å²) in [5.74, 6) is 0.357. The van der Waals surface area contributed by atoms with Crippen LogP contribution in [0.5, 0.6) is 0 Å². The molecule has 0 aliphatic carbocycles. The van der Waals surface area contributed by atoms with Gasteiger partial charge < -0.3 is 9.47 Å². The zero-order valence-corrected chi connectivity index (χ0v) is 12.5. The number of hydrogen-bond acceptors (Lipinski definition) is 2. The third-order valence-corrected chi connectivity index (χ3v) is 4.87. The molecule has 3 heterocycles. The van der Waals surface area contributed by atoms with Gasteiger partial charge in [0.05, 0.1) is 5.92 Å². The van der Waals surface area contributed by atoms with Crippen molar-refractivity contribution >= 4 is 5.91 Å². The number of carbonyl (C=O) groups excluding carboxylic acids is 1. The number of benzene rings is 1. The molecule has 1 fully saturated rings. The topological polar surface area (TPSA) is 42.3 Å². The Morgan fingerprint density at radius 1 is 1.00 bits per heavy atom. The van der Waals surface area contributed by atoms with Crippen LogP contribution in [0.2, 0.25) is 0 Å². The summed E-state index contributed by atoms with van der Waals surface area (Å²) in [6.07, 6.45) is 0.868. The van der Waals surface area contributed by atoms with Crippen molar-refractivity contribution in [1.82, 2.24) is 9.47 Å². The number of hydrogen-bond donors (Lipinski definition) is 0. The van der Waals surface area contributed by atoms with Crippen LogP contribution in [0, 0.1) is 5.92 Å². The first-order valence-corrected chi connectivity index (χ1v) is 7.69. The first kappa shape index (κ1) is 13.3. The standard InChI is InChI=1S/C18H18N2O2/c1-19-10-12-9-15(17(19)21)16-8-7-14(18(22)20(16)11-12)13-5-3-2-4-6-13/h2-8,12,15H,9-11H2,1H3/t12-,15-/m0/s1. The van der Waals surface area contributed by atoms with Gasteiger partial charge in [-0.2, -0.15) is 0 Å². The van der Waals surface area contributed by atoms with E-state index in [0.29, 0.717) is 18.0 Å². The molecule has 2 aliphatic heterocycles. The van der Waals surface area contributed by atoms with E-state index >= 15 is 0 Å². The number of nitrogens with zero attached hydrogens (tertiary/aromatic N) is 2. The predicted octanol–water partition coefficient (Wildman–Crippen LogP) is 2.09. The molecular weight excluding hydrogens is 276 g/mol. The molecule has 2 aromatic rings. The minimum atomic E-state index is -0.157. The Balaban J connectivity index is 1.86. The summed E-state index contributed by atoms with van der Waals surface area (Å²) in [5, 5.41) is 0. The molecular formula is C18H18N2O2. The molecule has 2 aliphatic rings. The number of rotatable bonds is 1. The summed E-state index contributed by atoms with van der Waals surface area (Å²) < 4.78 is 1.83. The molecule has 112 valence electrons. The van der Waals surface area contributed by atoms with Crippen molar-refractivity contribution < 1.29 is 4.79 Å². The van der Waals surface area contributed by atoms with Crippen molar-refractivity contribution in [1.29, 1.82) is 0 Å². The van der Waals surface area contributed by atoms with E-state index in [-0.39, 0.29) is 17.4 Å². The fourth-order valence-electron chi connectivity index (χ4n) is 3.81. The largest absolute Gasteiger partial charge is 0.345 e. The number of likely N-dealkylation sites (N-methyl/N-ethyl adjacent to an activating group) is 1. The van der Waals surface area contributed by atoms with E-state index in [1.165, 1.54) is 0 Å². The molecule has 22 heavy (non-hydrogen) atoms. The highest BCUT2D eigenvalue weighted by Gasteiger charge is 2.39. The maximum absolute atomic E-state index is 12.9. The van der Waals surface area contributed by atoms with Gasteiger partial charge >= 0.3 is 0 Å². The van der Waals surface area contributed by atoms with Gasteiger partial charge in [0, 0.05) is 31.4 Å². The Morgan fingerprint density at radius 3 is 2.55 bits per heavy atom. The summed E-state index contributed by atoms with van der Waals surface area (Å²) in [6.45, 7) is 1.46. The molecule has 1 aromatic carbocycles. The van der Waals surface area contributed by atoms with Crippen LogP contribution in [0.4, 0.5) is 0 Å². The van der Waals surface area contributed by atoms with Crippen LogP contribution in [0.15, 0.2) is 47.3 Å². The summed E-state index contributed by atoms with van der Waals surface area (Å²) >= 11 is 0. The number of pyridine rings is 1. The monoisotopic (exact) mass is 294 g/mol. The Hall–Kier alpha value is -2.36. The quantitative estimate of drug-likeness (QED) is 0.808. The minimum absolute atomic E-state index is 0.0238. The Kier molecular flexibility index (Phi) is 2.93. The van der Waals surface area contributed by atoms with Crippen molar-refractivity contribution in [3.8, 4) is 11.1 Å². The lowest BCUT2D eigenvalue weighted by Crippen LogP contribution is -2.49. The van der Waals surface area contributed by atoms with Gasteiger partial charge in [-0.25, -0.2) is 0 Å². The second kappa shape index (κ2) is 4.83. The fourth-order valence-corrected chi connectivity index (χ4v) is 3.81. The Bertz CT molecular complexity index is 794. The minimum Gasteiger partial charge on any atom is -0.345 e. The SMILES string of the molecule is CN1C[C@@H]2C[C@H](C1=O)c1ccc(-c3ccccc3)c(=O)n1C2. The average molecular weight is 294 g/mol. The van der Waals surface area contributed by atoms with Crippen LogP contribution in [0.25, 0.3) is 11.1 Å². The lowest BCUT2D eigenvalue weighted by atomic mass is 9.82. The van der Waals surface area contributed by atoms with E-state index in [9.17, 15) is 9.59 Å². The maximum Gasteiger partial charge on any atom is 0.258 e. The molecule has 1 aromatic heterocycles. The summed E-state index contributed by atoms with van der Waals surface area (Å²) in [6, 6.07) is 13.5. The normalized spacial score (nSPS) is 23.3. The summed E-state index contributed by atoms with van der Waals surface area (Å²) in [5.41, 5.74) is 2.54. The molecule has 2 atom stereocenters. The van der Waals surface area contributed by atoms with E-state index in [0.717, 1.165) is 24.2 Å². The fraction of sp³-hybridized carbons (Fsp3) is 0.333. The zero-order chi connectivity index (χ0) is 15.3. The molecule has 1 amide bonds. The molecule has 4 nitrogen and oxygen atoms in total. The smallest absolute Gasteiger partial charge is 0.258 e. The lowest BCUT2D eigenvalue weighted by Gasteiger charge is -2.40. The van der Waals surface area contributed by atoms with E-state index < -0.39 is 0 Å². The van der Waals surface area contributed by atoms with Gasteiger partial charge in [0.15, 0.2) is 0 Å². The van der Waals surface area contributed by atoms with E-state index in [1.807, 2.05) is 54.1 Å². The molecule has 0 unspecified atom stereocenters. The number of amides is 1. The van der Waals surface area contributed by atoms with Gasteiger partial charge in [0.2, 0.25) is 5.91 Å². The first-order chi connectivity index (χ1) is 10.6. The Morgan fingerprint density at radius 2 is 1.77 bits per heavy atom. The van der Waals surface area contributed by atoms with Gasteiger partial charge in [-0.3, -0.25) is 9.59 Å². The van der Waals surface area contributed by atoms with Crippen LogP contribution in [-0.2, 0) is 11.3 Å². The van der Waals surface area contributed by atoms with Crippen LogP contribution >= 0.6 is 0 Å². The molecule has 0 spiro atoms. The van der Waals surface area contributed by atoms with E-state index in [1.54, 1.807) is 4.90 Å². The number of likely N-dealkylation sites (tertiary alicyclic amines) is 1.